The fourth-order valence-electron chi connectivity index (χ4n) is 2.28. The van der Waals surface area contributed by atoms with Crippen LogP contribution in [0.3, 0.4) is 0 Å². The van der Waals surface area contributed by atoms with E-state index in [-0.39, 0.29) is 17.8 Å². The fourth-order valence-corrected chi connectivity index (χ4v) is 2.28. The molecule has 0 spiro atoms. The molecule has 4 heteroatoms. The Morgan fingerprint density at radius 1 is 1.24 bits per heavy atom. The van der Waals surface area contributed by atoms with Crippen molar-refractivity contribution in [3.8, 4) is 5.75 Å². The van der Waals surface area contributed by atoms with Gasteiger partial charge in [0.1, 0.15) is 5.75 Å². The molecule has 1 fully saturated rings. The molecule has 1 heterocycles. The minimum atomic E-state index is -0.143. The number of rotatable bonds is 3. The van der Waals surface area contributed by atoms with Crippen LogP contribution in [-0.2, 0) is 9.53 Å². The summed E-state index contributed by atoms with van der Waals surface area (Å²) >= 11 is 0. The molecule has 92 valence electrons. The van der Waals surface area contributed by atoms with Gasteiger partial charge in [0.05, 0.1) is 20.1 Å². The zero-order valence-electron chi connectivity index (χ0n) is 10.1. The number of nitrogens with one attached hydrogen (secondary N) is 1. The van der Waals surface area contributed by atoms with Crippen LogP contribution in [0.25, 0.3) is 0 Å². The van der Waals surface area contributed by atoms with Crippen molar-refractivity contribution in [3.05, 3.63) is 29.8 Å². The molecule has 17 heavy (non-hydrogen) atoms. The van der Waals surface area contributed by atoms with E-state index in [1.165, 1.54) is 7.11 Å². The van der Waals surface area contributed by atoms with Crippen molar-refractivity contribution in [1.29, 1.82) is 0 Å². The Morgan fingerprint density at radius 2 is 1.94 bits per heavy atom. The summed E-state index contributed by atoms with van der Waals surface area (Å²) in [6, 6.07) is 7.85. The van der Waals surface area contributed by atoms with E-state index < -0.39 is 0 Å². The summed E-state index contributed by atoms with van der Waals surface area (Å²) in [7, 11) is 3.08. The van der Waals surface area contributed by atoms with Crippen LogP contribution in [0.5, 0.6) is 5.75 Å². The van der Waals surface area contributed by atoms with Crippen molar-refractivity contribution in [1.82, 2.24) is 5.32 Å². The Morgan fingerprint density at radius 3 is 2.53 bits per heavy atom. The van der Waals surface area contributed by atoms with Crippen LogP contribution in [0, 0.1) is 5.92 Å². The van der Waals surface area contributed by atoms with E-state index in [9.17, 15) is 4.79 Å². The maximum atomic E-state index is 11.6. The second-order valence-corrected chi connectivity index (χ2v) is 4.17. The highest BCUT2D eigenvalue weighted by Crippen LogP contribution is 2.29. The average Bonchev–Trinajstić information content (AvgIpc) is 2.87. The maximum absolute atomic E-state index is 11.6. The van der Waals surface area contributed by atoms with Crippen molar-refractivity contribution in [2.24, 2.45) is 5.92 Å². The zero-order valence-corrected chi connectivity index (χ0v) is 10.1. The molecule has 0 saturated carbocycles. The third-order valence-electron chi connectivity index (χ3n) is 3.26. The van der Waals surface area contributed by atoms with Crippen molar-refractivity contribution in [2.75, 3.05) is 27.3 Å². The van der Waals surface area contributed by atoms with E-state index in [2.05, 4.69) is 5.32 Å². The molecule has 0 aliphatic carbocycles. The van der Waals surface area contributed by atoms with Gasteiger partial charge in [-0.05, 0) is 17.7 Å². The SMILES string of the molecule is COC(=O)[C@@H]1CNC[C@H]1c1ccc(OC)cc1. The summed E-state index contributed by atoms with van der Waals surface area (Å²) in [5, 5.41) is 3.23. The van der Waals surface area contributed by atoms with E-state index in [4.69, 9.17) is 9.47 Å². The predicted octanol–water partition coefficient (Wildman–Crippen LogP) is 1.17. The van der Waals surface area contributed by atoms with Crippen molar-refractivity contribution < 1.29 is 14.3 Å². The topological polar surface area (TPSA) is 47.6 Å². The van der Waals surface area contributed by atoms with E-state index >= 15 is 0 Å². The summed E-state index contributed by atoms with van der Waals surface area (Å²) in [5.41, 5.74) is 1.14. The molecule has 1 aliphatic rings. The molecule has 0 aromatic heterocycles. The number of carbonyl (C=O) groups excluding carboxylic acids is 1. The number of hydrogen-bond acceptors (Lipinski definition) is 4. The molecule has 4 nitrogen and oxygen atoms in total. The summed E-state index contributed by atoms with van der Waals surface area (Å²) in [4.78, 5) is 11.6. The molecule has 2 rings (SSSR count). The Bertz CT molecular complexity index is 388. The van der Waals surface area contributed by atoms with Gasteiger partial charge in [-0.25, -0.2) is 0 Å². The summed E-state index contributed by atoms with van der Waals surface area (Å²) in [5.74, 6) is 0.784. The molecule has 0 radical (unpaired) electrons. The van der Waals surface area contributed by atoms with Crippen LogP contribution in [0.4, 0.5) is 0 Å². The van der Waals surface area contributed by atoms with Gasteiger partial charge in [-0.15, -0.1) is 0 Å². The first-order chi connectivity index (χ1) is 8.26. The Hall–Kier alpha value is -1.55. The Balaban J connectivity index is 2.17. The van der Waals surface area contributed by atoms with Crippen molar-refractivity contribution >= 4 is 5.97 Å². The third-order valence-corrected chi connectivity index (χ3v) is 3.26. The minimum absolute atomic E-state index is 0.0894. The molecule has 0 amide bonds. The monoisotopic (exact) mass is 235 g/mol. The molecular weight excluding hydrogens is 218 g/mol. The van der Waals surface area contributed by atoms with Gasteiger partial charge < -0.3 is 14.8 Å². The number of carbonyl (C=O) groups is 1. The maximum Gasteiger partial charge on any atom is 0.310 e. The van der Waals surface area contributed by atoms with Crippen LogP contribution in [0.1, 0.15) is 11.5 Å². The lowest BCUT2D eigenvalue weighted by molar-refractivity contribution is -0.145. The van der Waals surface area contributed by atoms with Gasteiger partial charge in [0, 0.05) is 19.0 Å². The molecular formula is C13H17NO3. The van der Waals surface area contributed by atoms with Gasteiger partial charge in [0.25, 0.3) is 0 Å². The first kappa shape index (κ1) is 11.9. The minimum Gasteiger partial charge on any atom is -0.497 e. The molecule has 1 aliphatic heterocycles. The predicted molar refractivity (Wildman–Crippen MR) is 64.1 cm³/mol. The number of hydrogen-bond donors (Lipinski definition) is 1. The van der Waals surface area contributed by atoms with Gasteiger partial charge in [0.15, 0.2) is 0 Å². The van der Waals surface area contributed by atoms with Gasteiger partial charge in [-0.1, -0.05) is 12.1 Å². The van der Waals surface area contributed by atoms with Gasteiger partial charge >= 0.3 is 5.97 Å². The lowest BCUT2D eigenvalue weighted by Crippen LogP contribution is -2.22. The van der Waals surface area contributed by atoms with Gasteiger partial charge in [-0.3, -0.25) is 4.79 Å². The lowest BCUT2D eigenvalue weighted by Gasteiger charge is -2.16. The highest BCUT2D eigenvalue weighted by molar-refractivity contribution is 5.74. The lowest BCUT2D eigenvalue weighted by atomic mass is 9.89. The van der Waals surface area contributed by atoms with E-state index in [1.54, 1.807) is 7.11 Å². The van der Waals surface area contributed by atoms with Crippen LogP contribution >= 0.6 is 0 Å². The summed E-state index contributed by atoms with van der Waals surface area (Å²) in [6.45, 7) is 1.50. The number of benzene rings is 1. The summed E-state index contributed by atoms with van der Waals surface area (Å²) < 4.78 is 9.95. The van der Waals surface area contributed by atoms with Crippen LogP contribution in [-0.4, -0.2) is 33.3 Å². The van der Waals surface area contributed by atoms with Gasteiger partial charge in [-0.2, -0.15) is 0 Å². The van der Waals surface area contributed by atoms with E-state index in [1.807, 2.05) is 24.3 Å². The molecule has 0 bridgehead atoms. The highest BCUT2D eigenvalue weighted by atomic mass is 16.5. The smallest absolute Gasteiger partial charge is 0.310 e. The number of esters is 1. The standard InChI is InChI=1S/C13H17NO3/c1-16-10-5-3-9(4-6-10)11-7-14-8-12(11)13(15)17-2/h3-6,11-12,14H,7-8H2,1-2H3/t11-,12+/m0/s1. The highest BCUT2D eigenvalue weighted by Gasteiger charge is 2.34. The number of methoxy groups -OCH3 is 2. The average molecular weight is 235 g/mol. The molecule has 1 N–H and O–H groups in total. The van der Waals surface area contributed by atoms with Crippen molar-refractivity contribution in [2.45, 2.75) is 5.92 Å². The molecule has 1 saturated heterocycles. The Kier molecular flexibility index (Phi) is 3.64. The van der Waals surface area contributed by atoms with Crippen LogP contribution in [0.15, 0.2) is 24.3 Å². The van der Waals surface area contributed by atoms with Crippen LogP contribution in [0.2, 0.25) is 0 Å². The first-order valence-corrected chi connectivity index (χ1v) is 5.68. The second kappa shape index (κ2) is 5.19. The van der Waals surface area contributed by atoms with Crippen molar-refractivity contribution in [3.63, 3.8) is 0 Å². The largest absolute Gasteiger partial charge is 0.497 e. The third kappa shape index (κ3) is 2.42. The van der Waals surface area contributed by atoms with E-state index in [0.29, 0.717) is 6.54 Å². The molecule has 1 aromatic rings. The van der Waals surface area contributed by atoms with Crippen LogP contribution < -0.4 is 10.1 Å². The number of ether oxygens (including phenoxy) is 2. The quantitative estimate of drug-likeness (QED) is 0.799. The second-order valence-electron chi connectivity index (χ2n) is 4.17. The fraction of sp³-hybridized carbons (Fsp3) is 0.462. The van der Waals surface area contributed by atoms with E-state index in [0.717, 1.165) is 17.9 Å². The molecule has 2 atom stereocenters. The zero-order chi connectivity index (χ0) is 12.3. The first-order valence-electron chi connectivity index (χ1n) is 5.68. The molecule has 1 aromatic carbocycles. The molecule has 0 unspecified atom stereocenters. The summed E-state index contributed by atoms with van der Waals surface area (Å²) in [6.07, 6.45) is 0. The Labute approximate surface area is 101 Å². The van der Waals surface area contributed by atoms with Gasteiger partial charge in [0.2, 0.25) is 0 Å². The normalized spacial score (nSPS) is 23.4.